The Morgan fingerprint density at radius 1 is 1.44 bits per heavy atom. The van der Waals surface area contributed by atoms with Crippen molar-refractivity contribution in [1.29, 1.82) is 0 Å². The Morgan fingerprint density at radius 2 is 2.06 bits per heavy atom. The van der Waals surface area contributed by atoms with Crippen molar-refractivity contribution in [3.8, 4) is 0 Å². The van der Waals surface area contributed by atoms with Gasteiger partial charge in [-0.2, -0.15) is 0 Å². The van der Waals surface area contributed by atoms with Crippen molar-refractivity contribution < 1.29 is 19.5 Å². The van der Waals surface area contributed by atoms with E-state index in [0.29, 0.717) is 12.8 Å². The van der Waals surface area contributed by atoms with Gasteiger partial charge in [0.25, 0.3) is 0 Å². The molecule has 0 saturated heterocycles. The van der Waals surface area contributed by atoms with E-state index in [0.717, 1.165) is 12.8 Å². The molecule has 0 spiro atoms. The summed E-state index contributed by atoms with van der Waals surface area (Å²) in [6.45, 7) is 3.34. The molecule has 0 radical (unpaired) electrons. The van der Waals surface area contributed by atoms with Crippen molar-refractivity contribution in [3.63, 3.8) is 0 Å². The van der Waals surface area contributed by atoms with Gasteiger partial charge >= 0.3 is 5.97 Å². The molecule has 0 unspecified atom stereocenters. The van der Waals surface area contributed by atoms with Crippen molar-refractivity contribution >= 4 is 18.3 Å². The maximum atomic E-state index is 11.6. The molecule has 0 aromatic heterocycles. The number of carbonyl (C=O) groups excluding carboxylic acids is 2. The van der Waals surface area contributed by atoms with Gasteiger partial charge in [0.1, 0.15) is 12.1 Å². The summed E-state index contributed by atoms with van der Waals surface area (Å²) in [7, 11) is 0. The quantitative estimate of drug-likeness (QED) is 0.506. The van der Waals surface area contributed by atoms with Crippen LogP contribution in [0.25, 0.3) is 0 Å². The summed E-state index contributed by atoms with van der Waals surface area (Å²) in [4.78, 5) is 32.4. The first-order chi connectivity index (χ1) is 7.52. The molecule has 0 aromatic carbocycles. The molecular formula is C10H18N2O4. The predicted molar refractivity (Wildman–Crippen MR) is 57.8 cm³/mol. The maximum absolute atomic E-state index is 11.6. The van der Waals surface area contributed by atoms with Crippen LogP contribution in [0.5, 0.6) is 0 Å². The number of amides is 2. The van der Waals surface area contributed by atoms with E-state index < -0.39 is 24.0 Å². The third kappa shape index (κ3) is 5.33. The molecule has 16 heavy (non-hydrogen) atoms. The second-order valence-electron chi connectivity index (χ2n) is 3.55. The first-order valence-electron chi connectivity index (χ1n) is 5.25. The molecule has 0 fully saturated rings. The van der Waals surface area contributed by atoms with E-state index in [-0.39, 0.29) is 0 Å². The third-order valence-electron chi connectivity index (χ3n) is 2.16. The highest BCUT2D eigenvalue weighted by Gasteiger charge is 2.21. The fourth-order valence-electron chi connectivity index (χ4n) is 1.16. The van der Waals surface area contributed by atoms with Gasteiger partial charge in [-0.15, -0.1) is 0 Å². The molecule has 6 heteroatoms. The topological polar surface area (TPSA) is 95.5 Å². The minimum absolute atomic E-state index is 0.450. The Hall–Kier alpha value is -1.59. The van der Waals surface area contributed by atoms with E-state index in [1.165, 1.54) is 6.92 Å². The zero-order valence-corrected chi connectivity index (χ0v) is 9.53. The van der Waals surface area contributed by atoms with Crippen molar-refractivity contribution in [2.75, 3.05) is 0 Å². The average Bonchev–Trinajstić information content (AvgIpc) is 2.23. The lowest BCUT2D eigenvalue weighted by Crippen LogP contribution is -2.48. The summed E-state index contributed by atoms with van der Waals surface area (Å²) in [6.07, 6.45) is 2.65. The number of hydrogen-bond donors (Lipinski definition) is 3. The SMILES string of the molecule is CCCC[C@H](NC=O)C(=O)N[C@H](C)C(=O)O. The number of aliphatic carboxylic acids is 1. The summed E-state index contributed by atoms with van der Waals surface area (Å²) >= 11 is 0. The van der Waals surface area contributed by atoms with Gasteiger partial charge in [0.15, 0.2) is 0 Å². The zero-order chi connectivity index (χ0) is 12.6. The molecular weight excluding hydrogens is 212 g/mol. The van der Waals surface area contributed by atoms with E-state index in [2.05, 4.69) is 10.6 Å². The molecule has 92 valence electrons. The highest BCUT2D eigenvalue weighted by molar-refractivity contribution is 5.87. The van der Waals surface area contributed by atoms with Crippen LogP contribution in [0.15, 0.2) is 0 Å². The van der Waals surface area contributed by atoms with Crippen LogP contribution in [0, 0.1) is 0 Å². The smallest absolute Gasteiger partial charge is 0.325 e. The molecule has 3 N–H and O–H groups in total. The standard InChI is InChI=1S/C10H18N2O4/c1-3-4-5-8(11-6-13)9(14)12-7(2)10(15)16/h6-8H,3-5H2,1-2H3,(H,11,13)(H,12,14)(H,15,16)/t7-,8+/m1/s1. The highest BCUT2D eigenvalue weighted by Crippen LogP contribution is 2.00. The number of hydrogen-bond acceptors (Lipinski definition) is 3. The summed E-state index contributed by atoms with van der Waals surface area (Å²) in [5.74, 6) is -1.57. The molecule has 0 heterocycles. The van der Waals surface area contributed by atoms with Gasteiger partial charge in [-0.3, -0.25) is 14.4 Å². The molecule has 2 amide bonds. The van der Waals surface area contributed by atoms with Crippen LogP contribution in [-0.2, 0) is 14.4 Å². The Morgan fingerprint density at radius 3 is 2.50 bits per heavy atom. The van der Waals surface area contributed by atoms with E-state index in [1.54, 1.807) is 0 Å². The molecule has 0 rings (SSSR count). The van der Waals surface area contributed by atoms with Crippen molar-refractivity contribution in [2.24, 2.45) is 0 Å². The minimum atomic E-state index is -1.10. The summed E-state index contributed by atoms with van der Waals surface area (Å²) in [5, 5.41) is 13.3. The number of carboxylic acid groups (broad SMARTS) is 1. The molecule has 0 saturated carbocycles. The Labute approximate surface area is 94.4 Å². The molecule has 6 nitrogen and oxygen atoms in total. The molecule has 0 aromatic rings. The fourth-order valence-corrected chi connectivity index (χ4v) is 1.16. The van der Waals surface area contributed by atoms with E-state index in [9.17, 15) is 14.4 Å². The van der Waals surface area contributed by atoms with Crippen LogP contribution in [0.3, 0.4) is 0 Å². The van der Waals surface area contributed by atoms with Gasteiger partial charge in [-0.1, -0.05) is 19.8 Å². The van der Waals surface area contributed by atoms with Gasteiger partial charge in [0, 0.05) is 0 Å². The first-order valence-corrected chi connectivity index (χ1v) is 5.25. The summed E-state index contributed by atoms with van der Waals surface area (Å²) < 4.78 is 0. The Balaban J connectivity index is 4.25. The van der Waals surface area contributed by atoms with E-state index in [4.69, 9.17) is 5.11 Å². The molecule has 0 aliphatic carbocycles. The molecule has 0 bridgehead atoms. The van der Waals surface area contributed by atoms with Crippen molar-refractivity contribution in [3.05, 3.63) is 0 Å². The first kappa shape index (κ1) is 14.4. The lowest BCUT2D eigenvalue weighted by Gasteiger charge is -2.17. The van der Waals surface area contributed by atoms with Gasteiger partial charge in [0.2, 0.25) is 12.3 Å². The van der Waals surface area contributed by atoms with Gasteiger partial charge < -0.3 is 15.7 Å². The summed E-state index contributed by atoms with van der Waals surface area (Å²) in [6, 6.07) is -1.61. The van der Waals surface area contributed by atoms with Crippen LogP contribution in [0.2, 0.25) is 0 Å². The normalized spacial score (nSPS) is 13.6. The maximum Gasteiger partial charge on any atom is 0.325 e. The predicted octanol–water partition coefficient (Wildman–Crippen LogP) is -0.119. The Bertz CT molecular complexity index is 255. The van der Waals surface area contributed by atoms with Gasteiger partial charge in [-0.05, 0) is 13.3 Å². The van der Waals surface area contributed by atoms with Gasteiger partial charge in [0.05, 0.1) is 0 Å². The molecule has 0 aliphatic heterocycles. The monoisotopic (exact) mass is 230 g/mol. The second kappa shape index (κ2) is 7.67. The number of nitrogens with one attached hydrogen (secondary N) is 2. The van der Waals surface area contributed by atoms with Crippen LogP contribution in [-0.4, -0.2) is 35.5 Å². The largest absolute Gasteiger partial charge is 0.480 e. The highest BCUT2D eigenvalue weighted by atomic mass is 16.4. The van der Waals surface area contributed by atoms with Crippen LogP contribution in [0.1, 0.15) is 33.1 Å². The van der Waals surface area contributed by atoms with Crippen molar-refractivity contribution in [1.82, 2.24) is 10.6 Å². The zero-order valence-electron chi connectivity index (χ0n) is 9.53. The number of unbranched alkanes of at least 4 members (excludes halogenated alkanes) is 1. The third-order valence-corrected chi connectivity index (χ3v) is 2.16. The van der Waals surface area contributed by atoms with Crippen LogP contribution in [0.4, 0.5) is 0 Å². The second-order valence-corrected chi connectivity index (χ2v) is 3.55. The lowest BCUT2D eigenvalue weighted by molar-refractivity contribution is -0.141. The van der Waals surface area contributed by atoms with Gasteiger partial charge in [-0.25, -0.2) is 0 Å². The van der Waals surface area contributed by atoms with Crippen LogP contribution >= 0.6 is 0 Å². The number of carbonyl (C=O) groups is 3. The number of rotatable bonds is 8. The molecule has 2 atom stereocenters. The Kier molecular flexibility index (Phi) is 6.91. The summed E-state index contributed by atoms with van der Waals surface area (Å²) in [5.41, 5.74) is 0. The average molecular weight is 230 g/mol. The van der Waals surface area contributed by atoms with Crippen molar-refractivity contribution in [2.45, 2.75) is 45.2 Å². The lowest BCUT2D eigenvalue weighted by atomic mass is 10.1. The molecule has 0 aliphatic rings. The van der Waals surface area contributed by atoms with E-state index >= 15 is 0 Å². The van der Waals surface area contributed by atoms with Crippen LogP contribution < -0.4 is 10.6 Å². The number of carboxylic acids is 1. The van der Waals surface area contributed by atoms with E-state index in [1.807, 2.05) is 6.92 Å². The minimum Gasteiger partial charge on any atom is -0.480 e. The fraction of sp³-hybridized carbons (Fsp3) is 0.700.